The van der Waals surface area contributed by atoms with Gasteiger partial charge in [-0.15, -0.1) is 0 Å². The second-order valence-corrected chi connectivity index (χ2v) is 7.34. The Morgan fingerprint density at radius 2 is 1.96 bits per heavy atom. The predicted molar refractivity (Wildman–Crippen MR) is 106 cm³/mol. The Labute approximate surface area is 161 Å². The Balaban J connectivity index is 1.74. The van der Waals surface area contributed by atoms with Gasteiger partial charge >= 0.3 is 5.97 Å². The molecule has 2 rings (SSSR count). The molecule has 142 valence electrons. The Morgan fingerprint density at radius 1 is 1.23 bits per heavy atom. The fourth-order valence-corrected chi connectivity index (χ4v) is 3.71. The number of esters is 1. The van der Waals surface area contributed by atoms with Crippen LogP contribution in [0, 0.1) is 17.7 Å². The number of unbranched alkanes of at least 4 members (excludes halogenated alkanes) is 4. The maximum atomic E-state index is 13.8. The van der Waals surface area contributed by atoms with E-state index < -0.39 is 5.82 Å². The molecular weight excluding hydrogens is 349 g/mol. The highest BCUT2D eigenvalue weighted by Gasteiger charge is 2.27. The first-order chi connectivity index (χ1) is 12.6. The SMILES string of the molecule is CCCCCCCC1CCC(C(=O)Oc2ccc(N=C=S)c(F)c2)CC1. The van der Waals surface area contributed by atoms with Crippen LogP contribution in [0.4, 0.5) is 10.1 Å². The van der Waals surface area contributed by atoms with Crippen LogP contribution in [0.5, 0.6) is 5.75 Å². The molecule has 1 fully saturated rings. The first-order valence-electron chi connectivity index (χ1n) is 9.73. The summed E-state index contributed by atoms with van der Waals surface area (Å²) >= 11 is 4.47. The maximum Gasteiger partial charge on any atom is 0.314 e. The van der Waals surface area contributed by atoms with Crippen molar-refractivity contribution in [1.82, 2.24) is 0 Å². The molecule has 1 aromatic carbocycles. The van der Waals surface area contributed by atoms with Crippen LogP contribution in [0.25, 0.3) is 0 Å². The second-order valence-electron chi connectivity index (χ2n) is 7.16. The molecule has 1 aliphatic rings. The molecular formula is C21H28FNO2S. The number of carbonyl (C=O) groups excluding carboxylic acids is 1. The molecule has 0 radical (unpaired) electrons. The summed E-state index contributed by atoms with van der Waals surface area (Å²) in [6.45, 7) is 2.23. The normalized spacial score (nSPS) is 19.6. The Kier molecular flexibility index (Phi) is 8.93. The quantitative estimate of drug-likeness (QED) is 0.159. The molecule has 0 spiro atoms. The van der Waals surface area contributed by atoms with E-state index in [1.165, 1.54) is 56.7 Å². The highest BCUT2D eigenvalue weighted by atomic mass is 32.1. The van der Waals surface area contributed by atoms with Gasteiger partial charge in [0.25, 0.3) is 0 Å². The summed E-state index contributed by atoms with van der Waals surface area (Å²) in [5.41, 5.74) is 0.0965. The lowest BCUT2D eigenvalue weighted by Gasteiger charge is -2.27. The largest absolute Gasteiger partial charge is 0.426 e. The number of halogens is 1. The molecule has 0 aliphatic heterocycles. The van der Waals surface area contributed by atoms with Crippen LogP contribution in [0.15, 0.2) is 23.2 Å². The van der Waals surface area contributed by atoms with Crippen LogP contribution in [0.3, 0.4) is 0 Å². The third-order valence-electron chi connectivity index (χ3n) is 5.20. The number of carbonyl (C=O) groups is 1. The standard InChI is InChI=1S/C21H28FNO2S/c1-2-3-4-5-6-7-16-8-10-17(11-9-16)21(24)25-18-12-13-20(23-15-26)19(22)14-18/h12-14,16-17H,2-11H2,1H3. The molecule has 0 heterocycles. The summed E-state index contributed by atoms with van der Waals surface area (Å²) < 4.78 is 19.2. The molecule has 0 atom stereocenters. The van der Waals surface area contributed by atoms with Gasteiger partial charge in [-0.05, 0) is 56.0 Å². The minimum atomic E-state index is -0.570. The summed E-state index contributed by atoms with van der Waals surface area (Å²) in [5, 5.41) is 2.13. The predicted octanol–water partition coefficient (Wildman–Crippen LogP) is 6.63. The van der Waals surface area contributed by atoms with E-state index in [0.29, 0.717) is 0 Å². The summed E-state index contributed by atoms with van der Waals surface area (Å²) in [7, 11) is 0. The second kappa shape index (κ2) is 11.2. The number of nitrogens with zero attached hydrogens (tertiary/aromatic N) is 1. The monoisotopic (exact) mass is 377 g/mol. The van der Waals surface area contributed by atoms with Crippen LogP contribution in [-0.2, 0) is 4.79 Å². The van der Waals surface area contributed by atoms with E-state index in [2.05, 4.69) is 29.3 Å². The summed E-state index contributed by atoms with van der Waals surface area (Å²) in [6.07, 6.45) is 11.8. The lowest BCUT2D eigenvalue weighted by Crippen LogP contribution is -2.25. The van der Waals surface area contributed by atoms with Gasteiger partial charge in [-0.1, -0.05) is 45.4 Å². The smallest absolute Gasteiger partial charge is 0.314 e. The average Bonchev–Trinajstić information content (AvgIpc) is 2.64. The summed E-state index contributed by atoms with van der Waals surface area (Å²) in [4.78, 5) is 15.9. The van der Waals surface area contributed by atoms with Gasteiger partial charge in [0.05, 0.1) is 11.1 Å². The molecule has 0 N–H and O–H groups in total. The molecule has 1 saturated carbocycles. The Bertz CT molecular complexity index is 635. The van der Waals surface area contributed by atoms with Crippen molar-refractivity contribution in [3.8, 4) is 5.75 Å². The van der Waals surface area contributed by atoms with Gasteiger partial charge < -0.3 is 4.74 Å². The van der Waals surface area contributed by atoms with E-state index in [9.17, 15) is 9.18 Å². The zero-order valence-electron chi connectivity index (χ0n) is 15.5. The first-order valence-corrected chi connectivity index (χ1v) is 10.1. The van der Waals surface area contributed by atoms with Crippen molar-refractivity contribution in [3.63, 3.8) is 0 Å². The lowest BCUT2D eigenvalue weighted by atomic mass is 9.80. The summed E-state index contributed by atoms with van der Waals surface area (Å²) in [6, 6.07) is 4.15. The van der Waals surface area contributed by atoms with Crippen molar-refractivity contribution in [3.05, 3.63) is 24.0 Å². The van der Waals surface area contributed by atoms with Crippen molar-refractivity contribution < 1.29 is 13.9 Å². The van der Waals surface area contributed by atoms with Gasteiger partial charge in [-0.2, -0.15) is 4.99 Å². The number of aliphatic imine (C=N–C) groups is 1. The Morgan fingerprint density at radius 3 is 2.62 bits per heavy atom. The van der Waals surface area contributed by atoms with Gasteiger partial charge in [-0.25, -0.2) is 4.39 Å². The molecule has 26 heavy (non-hydrogen) atoms. The van der Waals surface area contributed by atoms with E-state index in [0.717, 1.165) is 31.6 Å². The molecule has 3 nitrogen and oxygen atoms in total. The van der Waals surface area contributed by atoms with E-state index in [1.54, 1.807) is 0 Å². The van der Waals surface area contributed by atoms with Crippen LogP contribution in [0.2, 0.25) is 0 Å². The highest BCUT2D eigenvalue weighted by Crippen LogP contribution is 2.33. The van der Waals surface area contributed by atoms with Gasteiger partial charge in [0.1, 0.15) is 11.4 Å². The van der Waals surface area contributed by atoms with E-state index in [-0.39, 0.29) is 23.3 Å². The van der Waals surface area contributed by atoms with Gasteiger partial charge in [-0.3, -0.25) is 4.79 Å². The van der Waals surface area contributed by atoms with Gasteiger partial charge in [0.2, 0.25) is 0 Å². The third-order valence-corrected chi connectivity index (χ3v) is 5.29. The fourth-order valence-electron chi connectivity index (χ4n) is 3.61. The lowest BCUT2D eigenvalue weighted by molar-refractivity contribution is -0.140. The van der Waals surface area contributed by atoms with Crippen LogP contribution >= 0.6 is 12.2 Å². The maximum absolute atomic E-state index is 13.8. The number of hydrogen-bond acceptors (Lipinski definition) is 4. The van der Waals surface area contributed by atoms with Crippen molar-refractivity contribution in [2.75, 3.05) is 0 Å². The highest BCUT2D eigenvalue weighted by molar-refractivity contribution is 7.78. The van der Waals surface area contributed by atoms with E-state index in [1.807, 2.05) is 0 Å². The van der Waals surface area contributed by atoms with E-state index in [4.69, 9.17) is 4.74 Å². The average molecular weight is 378 g/mol. The van der Waals surface area contributed by atoms with Crippen molar-refractivity contribution in [2.45, 2.75) is 71.1 Å². The number of thiocarbonyl (C=S) groups is 1. The molecule has 0 amide bonds. The molecule has 5 heteroatoms. The zero-order valence-corrected chi connectivity index (χ0v) is 16.3. The minimum absolute atomic E-state index is 0.0759. The molecule has 0 bridgehead atoms. The van der Waals surface area contributed by atoms with Gasteiger partial charge in [0.15, 0.2) is 5.82 Å². The van der Waals surface area contributed by atoms with Crippen LogP contribution in [0.1, 0.15) is 71.1 Å². The Hall–Kier alpha value is -1.58. The molecule has 1 aromatic rings. The van der Waals surface area contributed by atoms with Crippen LogP contribution < -0.4 is 4.74 Å². The first kappa shape index (κ1) is 20.7. The number of isothiocyanates is 1. The van der Waals surface area contributed by atoms with Crippen LogP contribution in [-0.4, -0.2) is 11.1 Å². The minimum Gasteiger partial charge on any atom is -0.426 e. The molecule has 0 saturated heterocycles. The fraction of sp³-hybridized carbons (Fsp3) is 0.619. The molecule has 1 aliphatic carbocycles. The van der Waals surface area contributed by atoms with Crippen molar-refractivity contribution >= 4 is 29.0 Å². The van der Waals surface area contributed by atoms with Crippen molar-refractivity contribution in [2.24, 2.45) is 16.8 Å². The van der Waals surface area contributed by atoms with Crippen molar-refractivity contribution in [1.29, 1.82) is 0 Å². The topological polar surface area (TPSA) is 38.7 Å². The molecule has 0 aromatic heterocycles. The number of benzene rings is 1. The number of rotatable bonds is 9. The number of ether oxygens (including phenoxy) is 1. The van der Waals surface area contributed by atoms with Gasteiger partial charge in [0, 0.05) is 6.07 Å². The zero-order chi connectivity index (χ0) is 18.8. The van der Waals surface area contributed by atoms with E-state index >= 15 is 0 Å². The summed E-state index contributed by atoms with van der Waals surface area (Å²) in [5.74, 6) is 0.0585. The number of hydrogen-bond donors (Lipinski definition) is 0. The third kappa shape index (κ3) is 6.62. The molecule has 0 unspecified atom stereocenters.